The monoisotopic (exact) mass is 718 g/mol. The van der Waals surface area contributed by atoms with E-state index < -0.39 is 90.6 Å². The van der Waals surface area contributed by atoms with Crippen LogP contribution in [-0.4, -0.2) is 126 Å². The summed E-state index contributed by atoms with van der Waals surface area (Å²) in [6.07, 6.45) is -10.5. The lowest BCUT2D eigenvalue weighted by atomic mass is 9.72. The van der Waals surface area contributed by atoms with E-state index in [1.165, 1.54) is 6.92 Å². The molecule has 10 atom stereocenters. The molecule has 2 aromatic rings. The standard InChI is InChI=1S/C35H54N6O10/c1-9-34(6,7)51-28-25(45)29(32(47)36-16-20-12-14-21(15-13-20)31-40-38-18(4)39-41-31)50-33(26(28)46)49-27-23(37-19(5)43)30(35(8,10-2)11-3)48-22(17-42)24(27)44/h12-15,22-30,33,42,44-46H,9-11,16-17H2,1-8H3,(H,36,47)(H,37,43). The molecule has 2 amide bonds. The van der Waals surface area contributed by atoms with Crippen LogP contribution in [0.2, 0.25) is 0 Å². The maximum absolute atomic E-state index is 13.7. The van der Waals surface area contributed by atoms with Gasteiger partial charge in [0.15, 0.2) is 18.2 Å². The molecule has 51 heavy (non-hydrogen) atoms. The van der Waals surface area contributed by atoms with E-state index in [9.17, 15) is 30.0 Å². The fraction of sp³-hybridized carbons (Fsp3) is 0.714. The summed E-state index contributed by atoms with van der Waals surface area (Å²) >= 11 is 0. The van der Waals surface area contributed by atoms with Crippen molar-refractivity contribution < 1.29 is 49.0 Å². The smallest absolute Gasteiger partial charge is 0.252 e. The van der Waals surface area contributed by atoms with Crippen LogP contribution in [0, 0.1) is 12.3 Å². The SMILES string of the molecule is CCC(C)(C)OC1C(O)C(OC2C(O)C(CO)OC(C(C)(CC)CC)C2NC(C)=O)OC(C(=O)NCc2ccc(-c3nnc(C)nn3)cc2)C1O. The number of aliphatic hydroxyl groups excluding tert-OH is 4. The van der Waals surface area contributed by atoms with Crippen LogP contribution < -0.4 is 10.6 Å². The average molecular weight is 719 g/mol. The second kappa shape index (κ2) is 17.1. The topological polar surface area (TPSA) is 228 Å². The van der Waals surface area contributed by atoms with Gasteiger partial charge in [-0.2, -0.15) is 0 Å². The first-order valence-corrected chi connectivity index (χ1v) is 17.5. The molecule has 1 aromatic heterocycles. The van der Waals surface area contributed by atoms with Crippen molar-refractivity contribution >= 4 is 11.8 Å². The van der Waals surface area contributed by atoms with Crippen molar-refractivity contribution in [1.29, 1.82) is 0 Å². The Hall–Kier alpha value is -3.22. The molecule has 6 N–H and O–H groups in total. The number of rotatable bonds is 14. The van der Waals surface area contributed by atoms with Gasteiger partial charge in [-0.3, -0.25) is 9.59 Å². The Morgan fingerprint density at radius 2 is 1.51 bits per heavy atom. The third-order valence-electron chi connectivity index (χ3n) is 10.2. The molecule has 2 fully saturated rings. The maximum atomic E-state index is 13.7. The number of nitrogens with zero attached hydrogens (tertiary/aromatic N) is 4. The first-order valence-electron chi connectivity index (χ1n) is 17.5. The third-order valence-corrected chi connectivity index (χ3v) is 10.2. The molecule has 16 nitrogen and oxygen atoms in total. The van der Waals surface area contributed by atoms with Crippen LogP contribution in [0.15, 0.2) is 24.3 Å². The van der Waals surface area contributed by atoms with Gasteiger partial charge in [-0.15, -0.1) is 20.4 Å². The van der Waals surface area contributed by atoms with Gasteiger partial charge in [0.1, 0.15) is 36.6 Å². The highest BCUT2D eigenvalue weighted by atomic mass is 16.7. The van der Waals surface area contributed by atoms with Crippen molar-refractivity contribution in [1.82, 2.24) is 31.0 Å². The molecule has 16 heteroatoms. The number of carbonyl (C=O) groups excluding carboxylic acids is 2. The molecule has 284 valence electrons. The van der Waals surface area contributed by atoms with Gasteiger partial charge >= 0.3 is 0 Å². The van der Waals surface area contributed by atoms with Gasteiger partial charge in [0, 0.05) is 19.0 Å². The molecule has 0 bridgehead atoms. The number of aromatic nitrogens is 4. The Bertz CT molecular complexity index is 1440. The number of benzene rings is 1. The van der Waals surface area contributed by atoms with Crippen molar-refractivity contribution in [2.75, 3.05) is 6.61 Å². The van der Waals surface area contributed by atoms with Crippen LogP contribution in [-0.2, 0) is 35.1 Å². The summed E-state index contributed by atoms with van der Waals surface area (Å²) in [5, 5.41) is 66.2. The third kappa shape index (κ3) is 9.42. The zero-order valence-corrected chi connectivity index (χ0v) is 30.6. The van der Waals surface area contributed by atoms with Crippen LogP contribution in [0.25, 0.3) is 11.4 Å². The Morgan fingerprint density at radius 1 is 0.882 bits per heavy atom. The number of hydrogen-bond donors (Lipinski definition) is 6. The summed E-state index contributed by atoms with van der Waals surface area (Å²) < 4.78 is 24.7. The molecule has 10 unspecified atom stereocenters. The number of nitrogens with one attached hydrogen (secondary N) is 2. The van der Waals surface area contributed by atoms with Gasteiger partial charge in [-0.1, -0.05) is 52.0 Å². The summed E-state index contributed by atoms with van der Waals surface area (Å²) in [6.45, 7) is 13.9. The predicted octanol–water partition coefficient (Wildman–Crippen LogP) is 0.716. The Kier molecular flexibility index (Phi) is 13.6. The zero-order chi connectivity index (χ0) is 37.7. The summed E-state index contributed by atoms with van der Waals surface area (Å²) in [6, 6.07) is 6.12. The summed E-state index contributed by atoms with van der Waals surface area (Å²) in [4.78, 5) is 26.2. The van der Waals surface area contributed by atoms with Crippen molar-refractivity contribution in [3.8, 4) is 11.4 Å². The van der Waals surface area contributed by atoms with Crippen LogP contribution in [0.3, 0.4) is 0 Å². The van der Waals surface area contributed by atoms with Gasteiger partial charge in [0.2, 0.25) is 11.7 Å². The zero-order valence-electron chi connectivity index (χ0n) is 30.6. The second-order valence-corrected chi connectivity index (χ2v) is 14.2. The maximum Gasteiger partial charge on any atom is 0.252 e. The summed E-state index contributed by atoms with van der Waals surface area (Å²) in [5.41, 5.74) is 0.0680. The quantitative estimate of drug-likeness (QED) is 0.158. The van der Waals surface area contributed by atoms with Crippen molar-refractivity contribution in [2.24, 2.45) is 5.41 Å². The fourth-order valence-electron chi connectivity index (χ4n) is 6.28. The highest BCUT2D eigenvalue weighted by molar-refractivity contribution is 5.81. The van der Waals surface area contributed by atoms with Crippen molar-refractivity contribution in [3.63, 3.8) is 0 Å². The minimum atomic E-state index is -1.63. The van der Waals surface area contributed by atoms with E-state index >= 15 is 0 Å². The van der Waals surface area contributed by atoms with Crippen LogP contribution in [0.5, 0.6) is 0 Å². The predicted molar refractivity (Wildman–Crippen MR) is 182 cm³/mol. The molecule has 0 aliphatic carbocycles. The fourth-order valence-corrected chi connectivity index (χ4v) is 6.28. The summed E-state index contributed by atoms with van der Waals surface area (Å²) in [5.74, 6) is -0.321. The van der Waals surface area contributed by atoms with E-state index in [0.29, 0.717) is 36.5 Å². The molecule has 4 rings (SSSR count). The number of ether oxygens (including phenoxy) is 4. The number of amides is 2. The number of hydrogen-bond acceptors (Lipinski definition) is 14. The average Bonchev–Trinajstić information content (AvgIpc) is 3.11. The normalized spacial score (nSPS) is 30.1. The van der Waals surface area contributed by atoms with E-state index in [4.69, 9.17) is 18.9 Å². The molecular weight excluding hydrogens is 664 g/mol. The largest absolute Gasteiger partial charge is 0.394 e. The number of carbonyl (C=O) groups is 2. The van der Waals surface area contributed by atoms with Crippen LogP contribution in [0.4, 0.5) is 0 Å². The van der Waals surface area contributed by atoms with Gasteiger partial charge in [0.05, 0.1) is 24.4 Å². The van der Waals surface area contributed by atoms with Gasteiger partial charge < -0.3 is 50.0 Å². The van der Waals surface area contributed by atoms with Crippen LogP contribution in [0.1, 0.15) is 79.1 Å². The molecule has 2 saturated heterocycles. The molecular formula is C35H54N6O10. The van der Waals surface area contributed by atoms with E-state index in [1.807, 2.05) is 27.7 Å². The molecule has 3 heterocycles. The van der Waals surface area contributed by atoms with Gasteiger partial charge in [-0.25, -0.2) is 0 Å². The van der Waals surface area contributed by atoms with Crippen molar-refractivity contribution in [2.45, 2.75) is 148 Å². The van der Waals surface area contributed by atoms with E-state index in [1.54, 1.807) is 45.0 Å². The first kappa shape index (κ1) is 40.5. The van der Waals surface area contributed by atoms with Gasteiger partial charge in [-0.05, 0) is 51.0 Å². The minimum absolute atomic E-state index is 0.0623. The lowest BCUT2D eigenvalue weighted by molar-refractivity contribution is -0.339. The highest BCUT2D eigenvalue weighted by Crippen LogP contribution is 2.41. The Balaban J connectivity index is 1.60. The Labute approximate surface area is 298 Å². The second-order valence-electron chi connectivity index (χ2n) is 14.2. The van der Waals surface area contributed by atoms with E-state index in [0.717, 1.165) is 5.56 Å². The number of aliphatic hydroxyl groups is 4. The summed E-state index contributed by atoms with van der Waals surface area (Å²) in [7, 11) is 0. The van der Waals surface area contributed by atoms with Crippen molar-refractivity contribution in [3.05, 3.63) is 35.7 Å². The first-order chi connectivity index (χ1) is 24.1. The van der Waals surface area contributed by atoms with Crippen LogP contribution >= 0.6 is 0 Å². The van der Waals surface area contributed by atoms with Gasteiger partial charge in [0.25, 0.3) is 5.91 Å². The molecule has 2 aliphatic rings. The molecule has 0 radical (unpaired) electrons. The minimum Gasteiger partial charge on any atom is -0.394 e. The number of aryl methyl sites for hydroxylation is 1. The molecule has 0 spiro atoms. The molecule has 2 aliphatic heterocycles. The Morgan fingerprint density at radius 3 is 2.06 bits per heavy atom. The van der Waals surface area contributed by atoms with E-state index in [2.05, 4.69) is 31.0 Å². The molecule has 0 saturated carbocycles. The lowest BCUT2D eigenvalue weighted by Crippen LogP contribution is -2.70. The van der Waals surface area contributed by atoms with E-state index in [-0.39, 0.29) is 6.54 Å². The molecule has 1 aromatic carbocycles. The lowest BCUT2D eigenvalue weighted by Gasteiger charge is -2.52. The highest BCUT2D eigenvalue weighted by Gasteiger charge is 2.56.